The lowest BCUT2D eigenvalue weighted by Gasteiger charge is -2.21. The van der Waals surface area contributed by atoms with Gasteiger partial charge in [0, 0.05) is 16.6 Å². The summed E-state index contributed by atoms with van der Waals surface area (Å²) in [6.07, 6.45) is 2.03. The molecule has 1 unspecified atom stereocenters. The molecule has 1 atom stereocenters. The molecular formula is C36H33N3O3. The molecule has 3 amide bonds. The second-order valence-electron chi connectivity index (χ2n) is 10.6. The molecular weight excluding hydrogens is 522 g/mol. The minimum atomic E-state index is -0.860. The Labute approximate surface area is 245 Å². The van der Waals surface area contributed by atoms with Crippen molar-refractivity contribution in [3.8, 4) is 0 Å². The zero-order valence-electron chi connectivity index (χ0n) is 23.6. The Bertz CT molecular complexity index is 1770. The minimum Gasteiger partial charge on any atom is -0.340 e. The van der Waals surface area contributed by atoms with Crippen molar-refractivity contribution in [2.75, 3.05) is 5.32 Å². The zero-order valence-corrected chi connectivity index (χ0v) is 23.6. The van der Waals surface area contributed by atoms with Crippen LogP contribution < -0.4 is 16.0 Å². The molecule has 0 saturated heterocycles. The van der Waals surface area contributed by atoms with Crippen molar-refractivity contribution in [3.05, 3.63) is 132 Å². The Morgan fingerprint density at radius 3 is 2.00 bits per heavy atom. The van der Waals surface area contributed by atoms with Crippen molar-refractivity contribution in [1.82, 2.24) is 10.6 Å². The van der Waals surface area contributed by atoms with E-state index in [1.54, 1.807) is 12.1 Å². The van der Waals surface area contributed by atoms with Crippen molar-refractivity contribution >= 4 is 51.0 Å². The number of hydrogen-bond acceptors (Lipinski definition) is 3. The normalized spacial score (nSPS) is 12.2. The second kappa shape index (κ2) is 13.0. The van der Waals surface area contributed by atoms with Gasteiger partial charge in [-0.25, -0.2) is 0 Å². The van der Waals surface area contributed by atoms with E-state index < -0.39 is 17.9 Å². The van der Waals surface area contributed by atoms with Crippen molar-refractivity contribution in [2.45, 2.75) is 26.3 Å². The van der Waals surface area contributed by atoms with Gasteiger partial charge in [-0.3, -0.25) is 14.4 Å². The summed E-state index contributed by atoms with van der Waals surface area (Å²) in [6.45, 7) is 3.97. The van der Waals surface area contributed by atoms with Gasteiger partial charge < -0.3 is 16.0 Å². The van der Waals surface area contributed by atoms with Gasteiger partial charge in [-0.2, -0.15) is 0 Å². The number of fused-ring (bicyclic) bond motifs is 2. The SMILES string of the molecule is CC(C)CC(NC(=O)c1cccc2ccccc12)C(=O)N/C(=C\c1ccccc1)C(=O)Nc1cccc2ccccc12. The van der Waals surface area contributed by atoms with Gasteiger partial charge in [0.25, 0.3) is 11.8 Å². The molecule has 0 heterocycles. The van der Waals surface area contributed by atoms with Crippen molar-refractivity contribution in [3.63, 3.8) is 0 Å². The summed E-state index contributed by atoms with van der Waals surface area (Å²) in [5.74, 6) is -1.17. The quantitative estimate of drug-likeness (QED) is 0.172. The van der Waals surface area contributed by atoms with E-state index in [9.17, 15) is 14.4 Å². The molecule has 0 spiro atoms. The van der Waals surface area contributed by atoms with Crippen LogP contribution in [0, 0.1) is 5.92 Å². The molecule has 42 heavy (non-hydrogen) atoms. The maximum absolute atomic E-state index is 13.7. The van der Waals surface area contributed by atoms with Crippen LogP contribution in [-0.2, 0) is 9.59 Å². The summed E-state index contributed by atoms with van der Waals surface area (Å²) >= 11 is 0. The van der Waals surface area contributed by atoms with Gasteiger partial charge >= 0.3 is 0 Å². The van der Waals surface area contributed by atoms with E-state index >= 15 is 0 Å². The molecule has 5 aromatic carbocycles. The molecule has 0 bridgehead atoms. The first-order chi connectivity index (χ1) is 20.4. The maximum atomic E-state index is 13.7. The van der Waals surface area contributed by atoms with Crippen molar-refractivity contribution in [2.24, 2.45) is 5.92 Å². The number of benzene rings is 5. The molecule has 0 aliphatic rings. The lowest BCUT2D eigenvalue weighted by Crippen LogP contribution is -2.48. The van der Waals surface area contributed by atoms with E-state index in [4.69, 9.17) is 0 Å². The van der Waals surface area contributed by atoms with Crippen LogP contribution in [0.3, 0.4) is 0 Å². The number of hydrogen-bond donors (Lipinski definition) is 3. The van der Waals surface area contributed by atoms with Crippen molar-refractivity contribution in [1.29, 1.82) is 0 Å². The first kappa shape index (κ1) is 28.3. The number of carbonyl (C=O) groups is 3. The highest BCUT2D eigenvalue weighted by atomic mass is 16.2. The summed E-state index contributed by atoms with van der Waals surface area (Å²) in [4.78, 5) is 40.8. The lowest BCUT2D eigenvalue weighted by molar-refractivity contribution is -0.124. The second-order valence-corrected chi connectivity index (χ2v) is 10.6. The predicted molar refractivity (Wildman–Crippen MR) is 170 cm³/mol. The third-order valence-electron chi connectivity index (χ3n) is 7.01. The molecule has 5 aromatic rings. The molecule has 3 N–H and O–H groups in total. The Kier molecular flexibility index (Phi) is 8.73. The maximum Gasteiger partial charge on any atom is 0.272 e. The molecule has 0 radical (unpaired) electrons. The fourth-order valence-corrected chi connectivity index (χ4v) is 4.98. The summed E-state index contributed by atoms with van der Waals surface area (Å²) in [5, 5.41) is 12.3. The highest BCUT2D eigenvalue weighted by molar-refractivity contribution is 6.13. The summed E-state index contributed by atoms with van der Waals surface area (Å²) in [5.41, 5.74) is 1.95. The van der Waals surface area contributed by atoms with E-state index in [1.165, 1.54) is 0 Å². The van der Waals surface area contributed by atoms with Gasteiger partial charge in [0.05, 0.1) is 0 Å². The van der Waals surface area contributed by atoms with E-state index in [2.05, 4.69) is 16.0 Å². The number of nitrogens with one attached hydrogen (secondary N) is 3. The Morgan fingerprint density at radius 2 is 1.29 bits per heavy atom. The van der Waals surface area contributed by atoms with Gasteiger partial charge in [-0.15, -0.1) is 0 Å². The lowest BCUT2D eigenvalue weighted by atomic mass is 10.0. The van der Waals surface area contributed by atoms with E-state index in [-0.39, 0.29) is 17.5 Å². The van der Waals surface area contributed by atoms with Crippen LogP contribution in [0.1, 0.15) is 36.2 Å². The molecule has 210 valence electrons. The van der Waals surface area contributed by atoms with Crippen LogP contribution in [0.5, 0.6) is 0 Å². The average Bonchev–Trinajstić information content (AvgIpc) is 3.00. The average molecular weight is 556 g/mol. The fraction of sp³-hybridized carbons (Fsp3) is 0.139. The van der Waals surface area contributed by atoms with Crippen LogP contribution in [0.4, 0.5) is 5.69 Å². The van der Waals surface area contributed by atoms with E-state index in [0.717, 1.165) is 27.1 Å². The number of rotatable bonds is 9. The molecule has 0 aliphatic heterocycles. The molecule has 0 aromatic heterocycles. The van der Waals surface area contributed by atoms with Crippen LogP contribution >= 0.6 is 0 Å². The number of amides is 3. The number of anilines is 1. The Hall–Kier alpha value is -5.23. The highest BCUT2D eigenvalue weighted by Crippen LogP contribution is 2.24. The molecule has 6 heteroatoms. The summed E-state index contributed by atoms with van der Waals surface area (Å²) in [7, 11) is 0. The molecule has 6 nitrogen and oxygen atoms in total. The molecule has 0 aliphatic carbocycles. The van der Waals surface area contributed by atoms with Gasteiger partial charge in [-0.1, -0.05) is 117 Å². The first-order valence-corrected chi connectivity index (χ1v) is 14.0. The Balaban J connectivity index is 1.42. The van der Waals surface area contributed by atoms with Gasteiger partial charge in [0.1, 0.15) is 11.7 Å². The van der Waals surface area contributed by atoms with Crippen molar-refractivity contribution < 1.29 is 14.4 Å². The molecule has 0 saturated carbocycles. The van der Waals surface area contributed by atoms with Crippen LogP contribution in [0.2, 0.25) is 0 Å². The number of carbonyl (C=O) groups excluding carboxylic acids is 3. The molecule has 0 fully saturated rings. The van der Waals surface area contributed by atoms with Crippen LogP contribution in [-0.4, -0.2) is 23.8 Å². The molecule has 5 rings (SSSR count). The third-order valence-corrected chi connectivity index (χ3v) is 7.01. The van der Waals surface area contributed by atoms with Gasteiger partial charge in [-0.05, 0) is 52.3 Å². The van der Waals surface area contributed by atoms with Crippen LogP contribution in [0.15, 0.2) is 121 Å². The third kappa shape index (κ3) is 6.73. The highest BCUT2D eigenvalue weighted by Gasteiger charge is 2.26. The zero-order chi connectivity index (χ0) is 29.5. The largest absolute Gasteiger partial charge is 0.340 e. The van der Waals surface area contributed by atoms with Crippen LogP contribution in [0.25, 0.3) is 27.6 Å². The van der Waals surface area contributed by atoms with Gasteiger partial charge in [0.2, 0.25) is 5.91 Å². The van der Waals surface area contributed by atoms with E-state index in [1.807, 2.05) is 123 Å². The van der Waals surface area contributed by atoms with E-state index in [0.29, 0.717) is 17.7 Å². The minimum absolute atomic E-state index is 0.0762. The standard InChI is InChI=1S/C36H33N3O3/c1-24(2)22-32(38-34(40)30-20-10-16-26-14-6-8-18-28(26)30)35(41)39-33(23-25-12-4-3-5-13-25)36(42)37-31-21-11-17-27-15-7-9-19-29(27)31/h3-21,23-24,32H,22H2,1-2H3,(H,37,42)(H,38,40)(H,39,41)/b33-23-. The first-order valence-electron chi connectivity index (χ1n) is 14.0. The predicted octanol–water partition coefficient (Wildman–Crippen LogP) is 6.93. The Morgan fingerprint density at radius 1 is 0.690 bits per heavy atom. The topological polar surface area (TPSA) is 87.3 Å². The summed E-state index contributed by atoms with van der Waals surface area (Å²) in [6, 6.07) is 35.0. The smallest absolute Gasteiger partial charge is 0.272 e. The monoisotopic (exact) mass is 555 g/mol. The fourth-order valence-electron chi connectivity index (χ4n) is 4.98. The summed E-state index contributed by atoms with van der Waals surface area (Å²) < 4.78 is 0. The van der Waals surface area contributed by atoms with Gasteiger partial charge in [0.15, 0.2) is 0 Å².